The summed E-state index contributed by atoms with van der Waals surface area (Å²) < 4.78 is 27.9. The molecule has 2 aromatic carbocycles. The van der Waals surface area contributed by atoms with Crippen molar-refractivity contribution in [2.24, 2.45) is 0 Å². The summed E-state index contributed by atoms with van der Waals surface area (Å²) in [6.07, 6.45) is 2.46. The highest BCUT2D eigenvalue weighted by Gasteiger charge is 2.13. The van der Waals surface area contributed by atoms with E-state index >= 15 is 0 Å². The predicted molar refractivity (Wildman–Crippen MR) is 105 cm³/mol. The molecule has 0 bridgehead atoms. The van der Waals surface area contributed by atoms with Gasteiger partial charge in [-0.2, -0.15) is 0 Å². The lowest BCUT2D eigenvalue weighted by Crippen LogP contribution is -2.07. The van der Waals surface area contributed by atoms with Crippen LogP contribution in [0.3, 0.4) is 0 Å². The smallest absolute Gasteiger partial charge is 0.324 e. The van der Waals surface area contributed by atoms with Gasteiger partial charge in [0.05, 0.1) is 11.0 Å². The minimum atomic E-state index is -4.13. The number of carbonyl (C=O) groups excluding carboxylic acids is 1. The van der Waals surface area contributed by atoms with Gasteiger partial charge in [0.15, 0.2) is 0 Å². The van der Waals surface area contributed by atoms with Crippen LogP contribution in [0.1, 0.15) is 11.3 Å². The third-order valence-electron chi connectivity index (χ3n) is 3.62. The molecule has 1 heterocycles. The lowest BCUT2D eigenvalue weighted by molar-refractivity contribution is -0.111. The molecule has 10 heteroatoms. The summed E-state index contributed by atoms with van der Waals surface area (Å²) in [6.45, 7) is 0. The van der Waals surface area contributed by atoms with E-state index in [9.17, 15) is 13.8 Å². The number of anilines is 1. The van der Waals surface area contributed by atoms with E-state index in [-0.39, 0.29) is 12.0 Å². The van der Waals surface area contributed by atoms with Crippen molar-refractivity contribution in [2.45, 2.75) is 6.16 Å². The van der Waals surface area contributed by atoms with Gasteiger partial charge in [-0.1, -0.05) is 28.8 Å². The fourth-order valence-electron chi connectivity index (χ4n) is 2.38. The summed E-state index contributed by atoms with van der Waals surface area (Å²) in [6, 6.07) is 12.1. The maximum atomic E-state index is 13.1. The van der Waals surface area contributed by atoms with E-state index in [1.165, 1.54) is 36.4 Å². The Balaban J connectivity index is 1.66. The summed E-state index contributed by atoms with van der Waals surface area (Å²) in [5.74, 6) is -0.745. The average molecular weight is 419 g/mol. The molecule has 1 amide bonds. The number of carbonyl (C=O) groups is 1. The standard InChI is InChI=1S/C18H15FN3O4PS/c19-14-5-3-13(4-6-14)18-16(21-22-28-18)9-10-17(23)20-15-7-1-12(2-8-15)11-27(24,25)26/h1-10H,11H2,(H,20,23)(H2,24,25,26)/b10-9+. The van der Waals surface area contributed by atoms with E-state index in [0.717, 1.165) is 17.1 Å². The number of nitrogens with zero attached hydrogens (tertiary/aromatic N) is 2. The first-order chi connectivity index (χ1) is 13.3. The fourth-order valence-corrected chi connectivity index (χ4v) is 3.72. The van der Waals surface area contributed by atoms with Crippen LogP contribution >= 0.6 is 19.1 Å². The number of hydrogen-bond donors (Lipinski definition) is 3. The Bertz CT molecular complexity index is 1050. The summed E-state index contributed by atoms with van der Waals surface area (Å²) in [5, 5.41) is 6.62. The van der Waals surface area contributed by atoms with Crippen molar-refractivity contribution in [1.29, 1.82) is 0 Å². The molecule has 0 aliphatic carbocycles. The largest absolute Gasteiger partial charge is 0.329 e. The van der Waals surface area contributed by atoms with E-state index < -0.39 is 13.5 Å². The highest BCUT2D eigenvalue weighted by molar-refractivity contribution is 7.50. The molecule has 0 aliphatic rings. The van der Waals surface area contributed by atoms with Crippen LogP contribution in [0.5, 0.6) is 0 Å². The number of amides is 1. The van der Waals surface area contributed by atoms with Crippen molar-refractivity contribution < 1.29 is 23.5 Å². The van der Waals surface area contributed by atoms with E-state index in [0.29, 0.717) is 21.8 Å². The molecule has 0 radical (unpaired) electrons. The van der Waals surface area contributed by atoms with Crippen molar-refractivity contribution >= 4 is 36.8 Å². The topological polar surface area (TPSA) is 112 Å². The average Bonchev–Trinajstić information content (AvgIpc) is 3.10. The minimum Gasteiger partial charge on any atom is -0.324 e. The van der Waals surface area contributed by atoms with Crippen LogP contribution in [0.4, 0.5) is 10.1 Å². The molecule has 0 saturated heterocycles. The number of benzene rings is 2. The normalized spacial score (nSPS) is 11.7. The third kappa shape index (κ3) is 5.64. The van der Waals surface area contributed by atoms with Gasteiger partial charge in [-0.25, -0.2) is 4.39 Å². The molecule has 0 unspecified atom stereocenters. The Morgan fingerprint density at radius 1 is 1.14 bits per heavy atom. The number of aromatic nitrogens is 2. The van der Waals surface area contributed by atoms with Crippen LogP contribution in [0, 0.1) is 5.82 Å². The van der Waals surface area contributed by atoms with Crippen molar-refractivity contribution in [2.75, 3.05) is 5.32 Å². The molecule has 0 fully saturated rings. The second-order valence-corrected chi connectivity index (χ2v) is 8.24. The van der Waals surface area contributed by atoms with Crippen molar-refractivity contribution in [3.63, 3.8) is 0 Å². The zero-order valence-electron chi connectivity index (χ0n) is 14.3. The molecule has 0 aliphatic heterocycles. The first-order valence-electron chi connectivity index (χ1n) is 8.01. The SMILES string of the molecule is O=C(/C=C/c1nnsc1-c1ccc(F)cc1)Nc1ccc(CP(=O)(O)O)cc1. The maximum absolute atomic E-state index is 13.1. The monoisotopic (exact) mass is 419 g/mol. The molecule has 28 heavy (non-hydrogen) atoms. The van der Waals surface area contributed by atoms with Crippen LogP contribution in [0.2, 0.25) is 0 Å². The molecule has 0 atom stereocenters. The van der Waals surface area contributed by atoms with Gasteiger partial charge in [0.25, 0.3) is 0 Å². The first kappa shape index (κ1) is 20.0. The molecule has 0 spiro atoms. The summed E-state index contributed by atoms with van der Waals surface area (Å²) in [4.78, 5) is 30.7. The van der Waals surface area contributed by atoms with Gasteiger partial charge in [-0.05, 0) is 53.0 Å². The molecule has 7 nitrogen and oxygen atoms in total. The van der Waals surface area contributed by atoms with Crippen molar-refractivity contribution in [1.82, 2.24) is 9.59 Å². The minimum absolute atomic E-state index is 0.343. The molecule has 3 rings (SSSR count). The summed E-state index contributed by atoms with van der Waals surface area (Å²) in [5.41, 5.74) is 2.19. The zero-order valence-corrected chi connectivity index (χ0v) is 16.0. The molecule has 3 N–H and O–H groups in total. The van der Waals surface area contributed by atoms with E-state index in [1.807, 2.05) is 0 Å². The van der Waals surface area contributed by atoms with Crippen molar-refractivity contribution in [3.05, 3.63) is 71.7 Å². The van der Waals surface area contributed by atoms with Gasteiger partial charge in [-0.3, -0.25) is 9.36 Å². The lowest BCUT2D eigenvalue weighted by atomic mass is 10.1. The fraction of sp³-hybridized carbons (Fsp3) is 0.0556. The van der Waals surface area contributed by atoms with Gasteiger partial charge >= 0.3 is 7.60 Å². The molecular weight excluding hydrogens is 404 g/mol. The molecule has 144 valence electrons. The predicted octanol–water partition coefficient (Wildman–Crippen LogP) is 3.67. The van der Waals surface area contributed by atoms with Crippen LogP contribution in [0.25, 0.3) is 16.5 Å². The highest BCUT2D eigenvalue weighted by atomic mass is 32.1. The Kier molecular flexibility index (Phi) is 6.11. The van der Waals surface area contributed by atoms with Gasteiger partial charge in [0.2, 0.25) is 5.91 Å². The second kappa shape index (κ2) is 8.53. The zero-order chi connectivity index (χ0) is 20.1. The van der Waals surface area contributed by atoms with Crippen LogP contribution in [-0.4, -0.2) is 25.3 Å². The quantitative estimate of drug-likeness (QED) is 0.415. The lowest BCUT2D eigenvalue weighted by Gasteiger charge is -2.06. The van der Waals surface area contributed by atoms with Gasteiger partial charge in [0, 0.05) is 11.8 Å². The van der Waals surface area contributed by atoms with Crippen molar-refractivity contribution in [3.8, 4) is 10.4 Å². The molecule has 3 aromatic rings. The third-order valence-corrected chi connectivity index (χ3v) is 5.19. The number of hydrogen-bond acceptors (Lipinski definition) is 5. The molecule has 0 saturated carbocycles. The number of nitrogens with one attached hydrogen (secondary N) is 1. The van der Waals surface area contributed by atoms with E-state index in [4.69, 9.17) is 9.79 Å². The van der Waals surface area contributed by atoms with Crippen LogP contribution in [-0.2, 0) is 15.5 Å². The Morgan fingerprint density at radius 2 is 1.82 bits per heavy atom. The Hall–Kier alpha value is -2.71. The van der Waals surface area contributed by atoms with Crippen LogP contribution in [0.15, 0.2) is 54.6 Å². The second-order valence-electron chi connectivity index (χ2n) is 5.84. The van der Waals surface area contributed by atoms with Gasteiger partial charge in [0.1, 0.15) is 11.5 Å². The molecule has 1 aromatic heterocycles. The van der Waals surface area contributed by atoms with Gasteiger partial charge < -0.3 is 15.1 Å². The van der Waals surface area contributed by atoms with E-state index in [2.05, 4.69) is 14.9 Å². The summed E-state index contributed by atoms with van der Waals surface area (Å²) >= 11 is 1.14. The van der Waals surface area contributed by atoms with E-state index in [1.54, 1.807) is 24.3 Å². The van der Waals surface area contributed by atoms with Crippen LogP contribution < -0.4 is 5.32 Å². The Labute approximate surface area is 163 Å². The number of rotatable bonds is 6. The van der Waals surface area contributed by atoms with Gasteiger partial charge in [-0.15, -0.1) is 5.10 Å². The number of halogens is 1. The summed E-state index contributed by atoms with van der Waals surface area (Å²) in [7, 11) is -4.13. The highest BCUT2D eigenvalue weighted by Crippen LogP contribution is 2.39. The first-order valence-corrected chi connectivity index (χ1v) is 10.6. The maximum Gasteiger partial charge on any atom is 0.329 e. The Morgan fingerprint density at radius 3 is 2.46 bits per heavy atom. The molecular formula is C18H15FN3O4PS.